The van der Waals surface area contributed by atoms with Gasteiger partial charge in [0.1, 0.15) is 11.6 Å². The lowest BCUT2D eigenvalue weighted by molar-refractivity contribution is -0.139. The highest BCUT2D eigenvalue weighted by atomic mass is 16.2. The van der Waals surface area contributed by atoms with Crippen LogP contribution in [0.2, 0.25) is 0 Å². The molecule has 1 amide bonds. The Hall–Kier alpha value is -3.28. The predicted octanol–water partition coefficient (Wildman–Crippen LogP) is 4.79. The number of nitrogens with zero attached hydrogens (tertiary/aromatic N) is 4. The third kappa shape index (κ3) is 4.43. The Kier molecular flexibility index (Phi) is 5.61. The van der Waals surface area contributed by atoms with Crippen molar-refractivity contribution in [3.8, 4) is 11.3 Å². The minimum Gasteiger partial charge on any atom is -0.342 e. The summed E-state index contributed by atoms with van der Waals surface area (Å²) >= 11 is 0. The van der Waals surface area contributed by atoms with Crippen molar-refractivity contribution in [1.82, 2.24) is 19.9 Å². The van der Waals surface area contributed by atoms with Gasteiger partial charge in [0.05, 0.1) is 5.69 Å². The van der Waals surface area contributed by atoms with Crippen LogP contribution in [0.3, 0.4) is 0 Å². The molecular weight excluding hydrogens is 386 g/mol. The van der Waals surface area contributed by atoms with Gasteiger partial charge in [-0.3, -0.25) is 9.78 Å². The van der Waals surface area contributed by atoms with Crippen LogP contribution < -0.4 is 5.32 Å². The van der Waals surface area contributed by atoms with E-state index in [0.29, 0.717) is 5.91 Å². The van der Waals surface area contributed by atoms with Crippen molar-refractivity contribution in [2.45, 2.75) is 38.0 Å². The van der Waals surface area contributed by atoms with Crippen LogP contribution in [0.15, 0.2) is 60.9 Å². The van der Waals surface area contributed by atoms with Crippen LogP contribution in [-0.2, 0) is 4.79 Å². The fourth-order valence-corrected chi connectivity index (χ4v) is 4.32. The molecule has 3 heterocycles. The number of carbonyl (C=O) groups excluding carboxylic acids is 1. The van der Waals surface area contributed by atoms with E-state index in [2.05, 4.69) is 15.2 Å². The standard InChI is InChI=1S/C25H27N5O/c31-25(20-5-4-6-20)30-15-11-19(12-16-30)24-28-22(18-9-13-26-14-10-18)17-23(29-24)27-21-7-2-1-3-8-21/h1-3,7-10,13-14,17,19-20H,4-6,11-12,15-16H2,(H,27,28,29). The summed E-state index contributed by atoms with van der Waals surface area (Å²) in [6, 6.07) is 16.0. The van der Waals surface area contributed by atoms with Gasteiger partial charge in [0.2, 0.25) is 5.91 Å². The van der Waals surface area contributed by atoms with E-state index in [1.807, 2.05) is 48.5 Å². The maximum Gasteiger partial charge on any atom is 0.225 e. The Balaban J connectivity index is 1.38. The second-order valence-corrected chi connectivity index (χ2v) is 8.45. The summed E-state index contributed by atoms with van der Waals surface area (Å²) < 4.78 is 0. The first-order chi connectivity index (χ1) is 15.3. The van der Waals surface area contributed by atoms with Gasteiger partial charge < -0.3 is 10.2 Å². The second kappa shape index (κ2) is 8.84. The number of nitrogens with one attached hydrogen (secondary N) is 1. The first-order valence-corrected chi connectivity index (χ1v) is 11.2. The Labute approximate surface area is 182 Å². The molecule has 1 aliphatic carbocycles. The van der Waals surface area contributed by atoms with E-state index in [-0.39, 0.29) is 11.8 Å². The van der Waals surface area contributed by atoms with Crippen molar-refractivity contribution in [3.63, 3.8) is 0 Å². The fourth-order valence-electron chi connectivity index (χ4n) is 4.32. The SMILES string of the molecule is O=C(C1CCC1)N1CCC(c2nc(Nc3ccccc3)cc(-c3ccncc3)n2)CC1. The summed E-state index contributed by atoms with van der Waals surface area (Å²) in [6.07, 6.45) is 8.69. The third-order valence-corrected chi connectivity index (χ3v) is 6.39. The number of pyridine rings is 1. The average molecular weight is 414 g/mol. The van der Waals surface area contributed by atoms with Crippen molar-refractivity contribution in [2.24, 2.45) is 5.92 Å². The van der Waals surface area contributed by atoms with Crippen LogP contribution in [-0.4, -0.2) is 38.8 Å². The lowest BCUT2D eigenvalue weighted by Crippen LogP contribution is -2.43. The van der Waals surface area contributed by atoms with Crippen molar-refractivity contribution >= 4 is 17.4 Å². The molecule has 158 valence electrons. The van der Waals surface area contributed by atoms with E-state index in [0.717, 1.165) is 67.4 Å². The number of likely N-dealkylation sites (tertiary alicyclic amines) is 1. The van der Waals surface area contributed by atoms with E-state index in [9.17, 15) is 4.79 Å². The van der Waals surface area contributed by atoms with Crippen LogP contribution in [0.1, 0.15) is 43.8 Å². The highest BCUT2D eigenvalue weighted by Crippen LogP contribution is 2.33. The van der Waals surface area contributed by atoms with Gasteiger partial charge in [0, 0.05) is 54.6 Å². The molecule has 2 aromatic heterocycles. The number of anilines is 2. The van der Waals surface area contributed by atoms with E-state index < -0.39 is 0 Å². The normalized spacial score (nSPS) is 17.2. The van der Waals surface area contributed by atoms with Crippen LogP contribution in [0.25, 0.3) is 11.3 Å². The number of amides is 1. The van der Waals surface area contributed by atoms with E-state index in [1.165, 1.54) is 6.42 Å². The topological polar surface area (TPSA) is 71.0 Å². The summed E-state index contributed by atoms with van der Waals surface area (Å²) in [5.41, 5.74) is 2.90. The Morgan fingerprint density at radius 2 is 1.68 bits per heavy atom. The number of rotatable bonds is 5. The van der Waals surface area contributed by atoms with Crippen LogP contribution in [0.4, 0.5) is 11.5 Å². The highest BCUT2D eigenvalue weighted by molar-refractivity contribution is 5.79. The zero-order valence-electron chi connectivity index (χ0n) is 17.6. The van der Waals surface area contributed by atoms with Gasteiger partial charge in [-0.1, -0.05) is 24.6 Å². The number of piperidine rings is 1. The Morgan fingerprint density at radius 1 is 0.935 bits per heavy atom. The second-order valence-electron chi connectivity index (χ2n) is 8.45. The molecule has 6 heteroatoms. The quantitative estimate of drug-likeness (QED) is 0.651. The first kappa shape index (κ1) is 19.7. The molecule has 1 N–H and O–H groups in total. The van der Waals surface area contributed by atoms with Gasteiger partial charge in [-0.15, -0.1) is 0 Å². The summed E-state index contributed by atoms with van der Waals surface area (Å²) in [5, 5.41) is 3.42. The van der Waals surface area contributed by atoms with Gasteiger partial charge >= 0.3 is 0 Å². The third-order valence-electron chi connectivity index (χ3n) is 6.39. The van der Waals surface area contributed by atoms with E-state index in [1.54, 1.807) is 12.4 Å². The maximum absolute atomic E-state index is 12.6. The van der Waals surface area contributed by atoms with Crippen LogP contribution >= 0.6 is 0 Å². The Morgan fingerprint density at radius 3 is 2.35 bits per heavy atom. The molecule has 0 atom stereocenters. The monoisotopic (exact) mass is 413 g/mol. The molecule has 0 radical (unpaired) electrons. The number of hydrogen-bond donors (Lipinski definition) is 1. The summed E-state index contributed by atoms with van der Waals surface area (Å²) in [7, 11) is 0. The zero-order valence-corrected chi connectivity index (χ0v) is 17.6. The highest BCUT2D eigenvalue weighted by Gasteiger charge is 2.32. The molecular formula is C25H27N5O. The minimum absolute atomic E-state index is 0.253. The number of benzene rings is 1. The molecule has 1 aromatic carbocycles. The molecule has 0 spiro atoms. The van der Waals surface area contributed by atoms with Crippen molar-refractivity contribution in [2.75, 3.05) is 18.4 Å². The van der Waals surface area contributed by atoms with Crippen molar-refractivity contribution in [1.29, 1.82) is 0 Å². The molecule has 3 aromatic rings. The zero-order chi connectivity index (χ0) is 21.0. The summed E-state index contributed by atoms with van der Waals surface area (Å²) in [4.78, 5) is 28.6. The maximum atomic E-state index is 12.6. The first-order valence-electron chi connectivity index (χ1n) is 11.2. The van der Waals surface area contributed by atoms with Gasteiger partial charge in [-0.2, -0.15) is 0 Å². The van der Waals surface area contributed by atoms with Gasteiger partial charge in [0.25, 0.3) is 0 Å². The van der Waals surface area contributed by atoms with Crippen molar-refractivity contribution < 1.29 is 4.79 Å². The van der Waals surface area contributed by atoms with Gasteiger partial charge in [0.15, 0.2) is 0 Å². The fraction of sp³-hybridized carbons (Fsp3) is 0.360. The summed E-state index contributed by atoms with van der Waals surface area (Å²) in [5.74, 6) is 2.51. The number of para-hydroxylation sites is 1. The van der Waals surface area contributed by atoms with E-state index >= 15 is 0 Å². The molecule has 2 aliphatic rings. The summed E-state index contributed by atoms with van der Waals surface area (Å²) in [6.45, 7) is 1.59. The average Bonchev–Trinajstić information content (AvgIpc) is 2.79. The lowest BCUT2D eigenvalue weighted by atomic mass is 9.83. The lowest BCUT2D eigenvalue weighted by Gasteiger charge is -2.36. The van der Waals surface area contributed by atoms with Gasteiger partial charge in [-0.05, 0) is 49.9 Å². The number of aromatic nitrogens is 3. The molecule has 1 saturated heterocycles. The smallest absolute Gasteiger partial charge is 0.225 e. The number of carbonyl (C=O) groups is 1. The van der Waals surface area contributed by atoms with Crippen molar-refractivity contribution in [3.05, 3.63) is 66.7 Å². The molecule has 0 bridgehead atoms. The molecule has 31 heavy (non-hydrogen) atoms. The number of hydrogen-bond acceptors (Lipinski definition) is 5. The van der Waals surface area contributed by atoms with E-state index in [4.69, 9.17) is 9.97 Å². The molecule has 2 fully saturated rings. The molecule has 1 saturated carbocycles. The van der Waals surface area contributed by atoms with Crippen LogP contribution in [0.5, 0.6) is 0 Å². The molecule has 6 nitrogen and oxygen atoms in total. The molecule has 1 aliphatic heterocycles. The van der Waals surface area contributed by atoms with Gasteiger partial charge in [-0.25, -0.2) is 9.97 Å². The van der Waals surface area contributed by atoms with Crippen LogP contribution in [0, 0.1) is 5.92 Å². The largest absolute Gasteiger partial charge is 0.342 e. The molecule has 5 rings (SSSR count). The molecule has 0 unspecified atom stereocenters. The Bertz CT molecular complexity index is 1030. The predicted molar refractivity (Wildman–Crippen MR) is 121 cm³/mol. The minimum atomic E-state index is 0.253.